The normalized spacial score (nSPS) is 17.3. The van der Waals surface area contributed by atoms with Crippen molar-refractivity contribution in [3.63, 3.8) is 0 Å². The van der Waals surface area contributed by atoms with Crippen LogP contribution in [0.3, 0.4) is 0 Å². The fraction of sp³-hybridized carbons (Fsp3) is 1.00. The van der Waals surface area contributed by atoms with Gasteiger partial charge in [-0.05, 0) is 32.2 Å². The van der Waals surface area contributed by atoms with Gasteiger partial charge in [-0.2, -0.15) is 4.31 Å². The Balaban J connectivity index is 2.54. The third-order valence-electron chi connectivity index (χ3n) is 2.85. The van der Waals surface area contributed by atoms with Crippen LogP contribution in [-0.4, -0.2) is 44.7 Å². The van der Waals surface area contributed by atoms with Gasteiger partial charge < -0.3 is 5.32 Å². The quantitative estimate of drug-likeness (QED) is 0.698. The molecular weight excluding hydrogens is 224 g/mol. The van der Waals surface area contributed by atoms with Gasteiger partial charge in [-0.15, -0.1) is 0 Å². The molecule has 0 aromatic heterocycles. The van der Waals surface area contributed by atoms with Crippen molar-refractivity contribution >= 4 is 10.0 Å². The van der Waals surface area contributed by atoms with Crippen LogP contribution in [0.1, 0.15) is 33.1 Å². The molecular formula is C11H24N2O2S. The van der Waals surface area contributed by atoms with E-state index >= 15 is 0 Å². The Kier molecular flexibility index (Phi) is 5.21. The summed E-state index contributed by atoms with van der Waals surface area (Å²) in [5, 5.41) is 2.90. The molecule has 0 spiro atoms. The number of hydrogen-bond acceptors (Lipinski definition) is 3. The topological polar surface area (TPSA) is 49.4 Å². The van der Waals surface area contributed by atoms with Gasteiger partial charge in [-0.25, -0.2) is 8.42 Å². The van der Waals surface area contributed by atoms with Crippen LogP contribution in [-0.2, 0) is 10.0 Å². The molecule has 1 saturated carbocycles. The molecule has 0 heterocycles. The third-order valence-corrected chi connectivity index (χ3v) is 4.76. The molecule has 0 aliphatic heterocycles. The first-order chi connectivity index (χ1) is 7.47. The average Bonchev–Trinajstić information content (AvgIpc) is 2.98. The van der Waals surface area contributed by atoms with Crippen molar-refractivity contribution in [2.75, 3.05) is 25.9 Å². The van der Waals surface area contributed by atoms with Crippen molar-refractivity contribution in [2.24, 2.45) is 5.92 Å². The van der Waals surface area contributed by atoms with Crippen LogP contribution in [0.2, 0.25) is 0 Å². The maximum Gasteiger partial charge on any atom is 0.215 e. The monoisotopic (exact) mass is 248 g/mol. The predicted octanol–water partition coefficient (Wildman–Crippen LogP) is 1.05. The highest BCUT2D eigenvalue weighted by molar-refractivity contribution is 7.89. The molecule has 0 aromatic carbocycles. The lowest BCUT2D eigenvalue weighted by Gasteiger charge is -2.22. The second-order valence-electron chi connectivity index (χ2n) is 4.94. The van der Waals surface area contributed by atoms with Crippen LogP contribution < -0.4 is 5.32 Å². The van der Waals surface area contributed by atoms with Crippen molar-refractivity contribution in [3.8, 4) is 0 Å². The summed E-state index contributed by atoms with van der Waals surface area (Å²) in [5.74, 6) is 0.777. The smallest absolute Gasteiger partial charge is 0.215 e. The van der Waals surface area contributed by atoms with Gasteiger partial charge in [0.25, 0.3) is 0 Å². The summed E-state index contributed by atoms with van der Waals surface area (Å²) in [6.45, 7) is 5.48. The minimum atomic E-state index is -3.05. The summed E-state index contributed by atoms with van der Waals surface area (Å²) in [5.41, 5.74) is 0. The number of nitrogens with one attached hydrogen (secondary N) is 1. The predicted molar refractivity (Wildman–Crippen MR) is 66.9 cm³/mol. The van der Waals surface area contributed by atoms with Gasteiger partial charge in [0.1, 0.15) is 0 Å². The lowest BCUT2D eigenvalue weighted by molar-refractivity contribution is 0.373. The molecule has 0 atom stereocenters. The van der Waals surface area contributed by atoms with E-state index in [1.165, 1.54) is 0 Å². The van der Waals surface area contributed by atoms with Gasteiger partial charge in [0.2, 0.25) is 10.0 Å². The fourth-order valence-corrected chi connectivity index (χ4v) is 3.39. The first-order valence-corrected chi connectivity index (χ1v) is 7.72. The summed E-state index contributed by atoms with van der Waals surface area (Å²) < 4.78 is 25.9. The van der Waals surface area contributed by atoms with Crippen molar-refractivity contribution in [1.29, 1.82) is 0 Å². The summed E-state index contributed by atoms with van der Waals surface area (Å²) in [6.07, 6.45) is 3.03. The SMILES string of the molecule is CNCCS(=O)(=O)N(CCC(C)C)C1CC1. The molecule has 0 aromatic rings. The van der Waals surface area contributed by atoms with Crippen molar-refractivity contribution in [3.05, 3.63) is 0 Å². The van der Waals surface area contributed by atoms with E-state index in [9.17, 15) is 8.42 Å². The zero-order valence-electron chi connectivity index (χ0n) is 10.6. The first kappa shape index (κ1) is 13.9. The number of sulfonamides is 1. The highest BCUT2D eigenvalue weighted by atomic mass is 32.2. The molecule has 0 saturated heterocycles. The molecule has 1 rings (SSSR count). The third kappa shape index (κ3) is 4.39. The molecule has 5 heteroatoms. The van der Waals surface area contributed by atoms with E-state index in [1.807, 2.05) is 0 Å². The first-order valence-electron chi connectivity index (χ1n) is 6.11. The van der Waals surface area contributed by atoms with Crippen LogP contribution in [0.15, 0.2) is 0 Å². The second kappa shape index (κ2) is 5.98. The Morgan fingerprint density at radius 2 is 2.00 bits per heavy atom. The summed E-state index contributed by atoms with van der Waals surface area (Å²) in [6, 6.07) is 0.292. The van der Waals surface area contributed by atoms with Gasteiger partial charge in [0, 0.05) is 19.1 Å². The Morgan fingerprint density at radius 1 is 1.38 bits per heavy atom. The van der Waals surface area contributed by atoms with E-state index in [4.69, 9.17) is 0 Å². The van der Waals surface area contributed by atoms with Crippen molar-refractivity contribution < 1.29 is 8.42 Å². The molecule has 1 fully saturated rings. The molecule has 16 heavy (non-hydrogen) atoms. The summed E-state index contributed by atoms with van der Waals surface area (Å²) in [4.78, 5) is 0. The van der Waals surface area contributed by atoms with E-state index in [1.54, 1.807) is 11.4 Å². The van der Waals surface area contributed by atoms with Crippen LogP contribution in [0.25, 0.3) is 0 Å². The Labute approximate surface area is 99.5 Å². The molecule has 4 nitrogen and oxygen atoms in total. The van der Waals surface area contributed by atoms with Crippen molar-refractivity contribution in [1.82, 2.24) is 9.62 Å². The minimum Gasteiger partial charge on any atom is -0.319 e. The van der Waals surface area contributed by atoms with E-state index < -0.39 is 10.0 Å². The zero-order valence-corrected chi connectivity index (χ0v) is 11.4. The zero-order chi connectivity index (χ0) is 12.2. The van der Waals surface area contributed by atoms with Crippen LogP contribution in [0, 0.1) is 5.92 Å². The lowest BCUT2D eigenvalue weighted by Crippen LogP contribution is -2.38. The molecule has 0 unspecified atom stereocenters. The maximum absolute atomic E-state index is 12.1. The van der Waals surface area contributed by atoms with Gasteiger partial charge in [-0.1, -0.05) is 13.8 Å². The number of rotatable bonds is 8. The van der Waals surface area contributed by atoms with E-state index in [-0.39, 0.29) is 5.75 Å². The summed E-state index contributed by atoms with van der Waals surface area (Å²) >= 11 is 0. The van der Waals surface area contributed by atoms with E-state index in [0.717, 1.165) is 19.3 Å². The van der Waals surface area contributed by atoms with Crippen LogP contribution in [0.5, 0.6) is 0 Å². The fourth-order valence-electron chi connectivity index (χ4n) is 1.65. The van der Waals surface area contributed by atoms with Crippen LogP contribution in [0.4, 0.5) is 0 Å². The Morgan fingerprint density at radius 3 is 2.44 bits per heavy atom. The highest BCUT2D eigenvalue weighted by Crippen LogP contribution is 2.29. The molecule has 0 radical (unpaired) electrons. The Hall–Kier alpha value is -0.130. The molecule has 1 aliphatic rings. The van der Waals surface area contributed by atoms with E-state index in [2.05, 4.69) is 19.2 Å². The van der Waals surface area contributed by atoms with E-state index in [0.29, 0.717) is 25.0 Å². The largest absolute Gasteiger partial charge is 0.319 e. The average molecular weight is 248 g/mol. The minimum absolute atomic E-state index is 0.220. The molecule has 0 bridgehead atoms. The molecule has 96 valence electrons. The van der Waals surface area contributed by atoms with Gasteiger partial charge >= 0.3 is 0 Å². The number of nitrogens with zero attached hydrogens (tertiary/aromatic N) is 1. The van der Waals surface area contributed by atoms with Crippen molar-refractivity contribution in [2.45, 2.75) is 39.2 Å². The highest BCUT2D eigenvalue weighted by Gasteiger charge is 2.36. The van der Waals surface area contributed by atoms with Gasteiger partial charge in [0.15, 0.2) is 0 Å². The lowest BCUT2D eigenvalue weighted by atomic mass is 10.1. The Bertz CT molecular complexity index is 297. The molecule has 0 amide bonds. The maximum atomic E-state index is 12.1. The van der Waals surface area contributed by atoms with Gasteiger partial charge in [-0.3, -0.25) is 0 Å². The summed E-state index contributed by atoms with van der Waals surface area (Å²) in [7, 11) is -1.26. The standard InChI is InChI=1S/C11H24N2O2S/c1-10(2)6-8-13(11-4-5-11)16(14,15)9-7-12-3/h10-12H,4-9H2,1-3H3. The van der Waals surface area contributed by atoms with Gasteiger partial charge in [0.05, 0.1) is 5.75 Å². The molecule has 1 aliphatic carbocycles. The molecule has 1 N–H and O–H groups in total. The van der Waals surface area contributed by atoms with Crippen LogP contribution >= 0.6 is 0 Å². The number of hydrogen-bond donors (Lipinski definition) is 1. The second-order valence-corrected chi connectivity index (χ2v) is 6.99.